The molecule has 0 atom stereocenters. The van der Waals surface area contributed by atoms with Crippen molar-refractivity contribution in [3.63, 3.8) is 0 Å². The van der Waals surface area contributed by atoms with E-state index in [4.69, 9.17) is 9.73 Å². The van der Waals surface area contributed by atoms with E-state index in [0.717, 1.165) is 37.9 Å². The summed E-state index contributed by atoms with van der Waals surface area (Å²) in [4.78, 5) is 9.16. The number of H-pyrrole nitrogens is 1. The number of aliphatic imine (C=N–C) groups is 1. The maximum Gasteiger partial charge on any atom is 0.127 e. The molecule has 0 bridgehead atoms. The molecule has 138 valence electrons. The van der Waals surface area contributed by atoms with Crippen LogP contribution in [0.15, 0.2) is 113 Å². The molecule has 1 N–H and O–H groups in total. The summed E-state index contributed by atoms with van der Waals surface area (Å²) >= 11 is 1.63. The van der Waals surface area contributed by atoms with E-state index in [0.29, 0.717) is 0 Å². The van der Waals surface area contributed by atoms with Gasteiger partial charge in [0.05, 0.1) is 11.9 Å². The number of rotatable bonds is 5. The van der Waals surface area contributed by atoms with Crippen molar-refractivity contribution in [3.8, 4) is 5.75 Å². The Kier molecular flexibility index (Phi) is 5.59. The van der Waals surface area contributed by atoms with E-state index >= 15 is 0 Å². The van der Waals surface area contributed by atoms with Crippen LogP contribution in [0, 0.1) is 0 Å². The smallest absolute Gasteiger partial charge is 0.127 e. The average Bonchev–Trinajstić information content (AvgIpc) is 3.21. The quantitative estimate of drug-likeness (QED) is 0.174. The van der Waals surface area contributed by atoms with Crippen molar-refractivity contribution >= 4 is 33.4 Å². The van der Waals surface area contributed by atoms with E-state index in [1.807, 2.05) is 85.9 Å². The monoisotopic (exact) mass is 384 g/mol. The molecule has 1 heterocycles. The zero-order valence-electron chi connectivity index (χ0n) is 15.5. The summed E-state index contributed by atoms with van der Waals surface area (Å²) in [5, 5.41) is 2.03. The Morgan fingerprint density at radius 3 is 2.46 bits per heavy atom. The zero-order valence-corrected chi connectivity index (χ0v) is 16.3. The van der Waals surface area contributed by atoms with Gasteiger partial charge < -0.3 is 9.72 Å². The lowest BCUT2D eigenvalue weighted by atomic mass is 10.2. The third kappa shape index (κ3) is 4.53. The second kappa shape index (κ2) is 8.63. The Balaban J connectivity index is 1.60. The van der Waals surface area contributed by atoms with Crippen LogP contribution in [0.25, 0.3) is 10.9 Å². The van der Waals surface area contributed by atoms with E-state index in [9.17, 15) is 0 Å². The molecule has 0 spiro atoms. The number of nitrogens with one attached hydrogen (secondary N) is 1. The number of para-hydroxylation sites is 1. The van der Waals surface area contributed by atoms with Crippen molar-refractivity contribution in [2.75, 3.05) is 0 Å². The standard InChI is InChI=1S/C24H20N2OS/c1-18(17-27-21-12-13-23-19(16-21)14-15-25-23)24(26-20-8-4-2-5-9-20)28-22-10-6-3-7-11-22/h2-17,25H,1H3. The average molecular weight is 385 g/mol. The normalized spacial score (nSPS) is 12.3. The van der Waals surface area contributed by atoms with Gasteiger partial charge in [0, 0.05) is 27.6 Å². The first kappa shape index (κ1) is 18.1. The molecule has 4 heteroatoms. The molecule has 3 nitrogen and oxygen atoms in total. The molecule has 0 saturated carbocycles. The molecule has 0 saturated heterocycles. The minimum atomic E-state index is 0.801. The molecular weight excluding hydrogens is 364 g/mol. The number of hydrogen-bond acceptors (Lipinski definition) is 3. The van der Waals surface area contributed by atoms with Crippen molar-refractivity contribution in [2.24, 2.45) is 4.99 Å². The topological polar surface area (TPSA) is 37.4 Å². The molecule has 0 aliphatic rings. The number of fused-ring (bicyclic) bond motifs is 1. The van der Waals surface area contributed by atoms with Gasteiger partial charge in [0.2, 0.25) is 0 Å². The van der Waals surface area contributed by atoms with Crippen molar-refractivity contribution in [1.29, 1.82) is 0 Å². The van der Waals surface area contributed by atoms with E-state index in [1.165, 1.54) is 0 Å². The van der Waals surface area contributed by atoms with Crippen molar-refractivity contribution in [2.45, 2.75) is 11.8 Å². The molecule has 28 heavy (non-hydrogen) atoms. The Labute approximate surface area is 168 Å². The fourth-order valence-electron chi connectivity index (χ4n) is 2.72. The van der Waals surface area contributed by atoms with Gasteiger partial charge in [-0.2, -0.15) is 0 Å². The van der Waals surface area contributed by atoms with Gasteiger partial charge in [-0.15, -0.1) is 0 Å². The van der Waals surface area contributed by atoms with Gasteiger partial charge in [-0.25, -0.2) is 4.99 Å². The minimum absolute atomic E-state index is 0.801. The molecule has 0 aliphatic heterocycles. The Bertz CT molecular complexity index is 1120. The van der Waals surface area contributed by atoms with Gasteiger partial charge in [0.1, 0.15) is 10.8 Å². The first-order valence-corrected chi connectivity index (χ1v) is 9.87. The number of aromatic nitrogens is 1. The zero-order chi connectivity index (χ0) is 19.2. The molecule has 0 fully saturated rings. The summed E-state index contributed by atoms with van der Waals surface area (Å²) in [5.41, 5.74) is 2.98. The van der Waals surface area contributed by atoms with Crippen LogP contribution in [0.3, 0.4) is 0 Å². The van der Waals surface area contributed by atoms with Gasteiger partial charge in [-0.05, 0) is 55.5 Å². The number of aromatic amines is 1. The summed E-state index contributed by atoms with van der Waals surface area (Å²) in [6.45, 7) is 2.02. The van der Waals surface area contributed by atoms with E-state index in [-0.39, 0.29) is 0 Å². The van der Waals surface area contributed by atoms with Crippen LogP contribution in [0.5, 0.6) is 5.75 Å². The van der Waals surface area contributed by atoms with Crippen LogP contribution >= 0.6 is 11.8 Å². The first-order valence-electron chi connectivity index (χ1n) is 9.05. The minimum Gasteiger partial charge on any atom is -0.465 e. The highest BCUT2D eigenvalue weighted by Gasteiger charge is 2.07. The lowest BCUT2D eigenvalue weighted by Gasteiger charge is -2.08. The fraction of sp³-hybridized carbons (Fsp3) is 0.0417. The van der Waals surface area contributed by atoms with Crippen LogP contribution < -0.4 is 4.74 Å². The van der Waals surface area contributed by atoms with Crippen molar-refractivity contribution in [3.05, 3.63) is 103 Å². The van der Waals surface area contributed by atoms with E-state index in [2.05, 4.69) is 17.1 Å². The molecule has 4 rings (SSSR count). The summed E-state index contributed by atoms with van der Waals surface area (Å²) in [6.07, 6.45) is 3.70. The number of hydrogen-bond donors (Lipinski definition) is 1. The lowest BCUT2D eigenvalue weighted by Crippen LogP contribution is -1.97. The van der Waals surface area contributed by atoms with E-state index < -0.39 is 0 Å². The van der Waals surface area contributed by atoms with Crippen LogP contribution in [0.1, 0.15) is 6.92 Å². The molecule has 0 aliphatic carbocycles. The third-order valence-electron chi connectivity index (χ3n) is 4.18. The SMILES string of the molecule is CC(=COc1ccc2[nH]ccc2c1)C(=Nc1ccccc1)Sc1ccccc1. The van der Waals surface area contributed by atoms with Gasteiger partial charge in [-0.1, -0.05) is 48.2 Å². The Hall–Kier alpha value is -3.24. The van der Waals surface area contributed by atoms with Gasteiger partial charge in [0.25, 0.3) is 0 Å². The van der Waals surface area contributed by atoms with Gasteiger partial charge in [-0.3, -0.25) is 0 Å². The Morgan fingerprint density at radius 2 is 1.68 bits per heavy atom. The van der Waals surface area contributed by atoms with Crippen LogP contribution in [-0.4, -0.2) is 10.0 Å². The van der Waals surface area contributed by atoms with Crippen LogP contribution in [0.4, 0.5) is 5.69 Å². The highest BCUT2D eigenvalue weighted by molar-refractivity contribution is 8.14. The van der Waals surface area contributed by atoms with E-state index in [1.54, 1.807) is 18.0 Å². The van der Waals surface area contributed by atoms with Crippen LogP contribution in [0.2, 0.25) is 0 Å². The molecule has 1 aromatic heterocycles. The summed E-state index contributed by atoms with van der Waals surface area (Å²) in [6, 6.07) is 28.3. The molecule has 0 amide bonds. The molecular formula is C24H20N2OS. The fourth-order valence-corrected chi connectivity index (χ4v) is 3.60. The van der Waals surface area contributed by atoms with Crippen molar-refractivity contribution < 1.29 is 4.74 Å². The number of nitrogens with zero attached hydrogens (tertiary/aromatic N) is 1. The molecule has 0 unspecified atom stereocenters. The molecule has 3 aromatic carbocycles. The largest absolute Gasteiger partial charge is 0.465 e. The van der Waals surface area contributed by atoms with Crippen LogP contribution in [-0.2, 0) is 0 Å². The first-order chi connectivity index (χ1) is 13.8. The highest BCUT2D eigenvalue weighted by Crippen LogP contribution is 2.27. The van der Waals surface area contributed by atoms with Gasteiger partial charge >= 0.3 is 0 Å². The van der Waals surface area contributed by atoms with Gasteiger partial charge in [0.15, 0.2) is 0 Å². The summed E-state index contributed by atoms with van der Waals surface area (Å²) in [7, 11) is 0. The molecule has 0 radical (unpaired) electrons. The summed E-state index contributed by atoms with van der Waals surface area (Å²) < 4.78 is 5.93. The third-order valence-corrected chi connectivity index (χ3v) is 5.29. The predicted octanol–water partition coefficient (Wildman–Crippen LogP) is 6.97. The molecule has 4 aromatic rings. The lowest BCUT2D eigenvalue weighted by molar-refractivity contribution is 0.479. The highest BCUT2D eigenvalue weighted by atomic mass is 32.2. The van der Waals surface area contributed by atoms with Crippen molar-refractivity contribution in [1.82, 2.24) is 4.98 Å². The number of ether oxygens (including phenoxy) is 1. The second-order valence-electron chi connectivity index (χ2n) is 6.31. The number of thioether (sulfide) groups is 1. The summed E-state index contributed by atoms with van der Waals surface area (Å²) in [5.74, 6) is 0.801. The predicted molar refractivity (Wildman–Crippen MR) is 119 cm³/mol. The number of benzene rings is 3. The second-order valence-corrected chi connectivity index (χ2v) is 7.38. The Morgan fingerprint density at radius 1 is 0.929 bits per heavy atom. The maximum atomic E-state index is 5.93. The maximum absolute atomic E-state index is 5.93.